The number of unbranched alkanes of at least 4 members (excludes halogenated alkanes) is 23. The maximum atomic E-state index is 8.74. The zero-order valence-corrected chi connectivity index (χ0v) is 18.8. The summed E-state index contributed by atoms with van der Waals surface area (Å²) in [6.07, 6.45) is 33.5. The van der Waals surface area contributed by atoms with Crippen molar-refractivity contribution in [3.05, 3.63) is 6.92 Å². The molecule has 1 nitrogen and oxygen atoms in total. The maximum Gasteiger partial charge on any atom is 0.0431 e. The van der Waals surface area contributed by atoms with Crippen LogP contribution in [0, 0.1) is 6.92 Å². The smallest absolute Gasteiger partial charge is 0.0431 e. The van der Waals surface area contributed by atoms with Crippen LogP contribution in [0.4, 0.5) is 0 Å². The van der Waals surface area contributed by atoms with Gasteiger partial charge in [0.1, 0.15) is 0 Å². The molecule has 0 unspecified atom stereocenters. The molecular formula is C26H53O. The summed E-state index contributed by atoms with van der Waals surface area (Å²) in [7, 11) is 0. The Labute approximate surface area is 173 Å². The molecule has 27 heavy (non-hydrogen) atoms. The van der Waals surface area contributed by atoms with Gasteiger partial charge in [-0.25, -0.2) is 0 Å². The van der Waals surface area contributed by atoms with E-state index in [4.69, 9.17) is 5.11 Å². The second-order valence-electron chi connectivity index (χ2n) is 8.71. The number of hydrogen-bond acceptors (Lipinski definition) is 1. The molecule has 0 rings (SSSR count). The Bertz CT molecular complexity index is 214. The van der Waals surface area contributed by atoms with Gasteiger partial charge in [-0.1, -0.05) is 155 Å². The third-order valence-corrected chi connectivity index (χ3v) is 5.91. The molecule has 163 valence electrons. The summed E-state index contributed by atoms with van der Waals surface area (Å²) in [4.78, 5) is 0. The van der Waals surface area contributed by atoms with Crippen LogP contribution in [0.2, 0.25) is 0 Å². The monoisotopic (exact) mass is 381 g/mol. The van der Waals surface area contributed by atoms with Crippen LogP contribution in [-0.2, 0) is 0 Å². The molecule has 0 bridgehead atoms. The van der Waals surface area contributed by atoms with Gasteiger partial charge < -0.3 is 5.11 Å². The third-order valence-electron chi connectivity index (χ3n) is 5.91. The van der Waals surface area contributed by atoms with E-state index in [1.165, 1.54) is 141 Å². The molecule has 0 spiro atoms. The van der Waals surface area contributed by atoms with E-state index in [1.54, 1.807) is 0 Å². The van der Waals surface area contributed by atoms with Gasteiger partial charge in [0.2, 0.25) is 0 Å². The Kier molecular flexibility index (Phi) is 25.9. The maximum absolute atomic E-state index is 8.74. The molecule has 0 aliphatic heterocycles. The lowest BCUT2D eigenvalue weighted by Crippen LogP contribution is -1.85. The summed E-state index contributed by atoms with van der Waals surface area (Å²) in [6.45, 7) is 4.28. The lowest BCUT2D eigenvalue weighted by atomic mass is 10.0. The zero-order valence-electron chi connectivity index (χ0n) is 18.8. The highest BCUT2D eigenvalue weighted by Gasteiger charge is 1.95. The molecule has 0 amide bonds. The zero-order chi connectivity index (χ0) is 19.7. The molecule has 0 aromatic heterocycles. The van der Waals surface area contributed by atoms with Crippen molar-refractivity contribution in [3.8, 4) is 0 Å². The first-order chi connectivity index (χ1) is 13.4. The predicted molar refractivity (Wildman–Crippen MR) is 123 cm³/mol. The number of aliphatic hydroxyl groups is 1. The van der Waals surface area contributed by atoms with Crippen molar-refractivity contribution in [2.45, 2.75) is 154 Å². The van der Waals surface area contributed by atoms with Crippen LogP contribution in [0.5, 0.6) is 0 Å². The summed E-state index contributed by atoms with van der Waals surface area (Å²) >= 11 is 0. The molecule has 0 saturated heterocycles. The molecular weight excluding hydrogens is 328 g/mol. The van der Waals surface area contributed by atoms with E-state index < -0.39 is 0 Å². The quantitative estimate of drug-likeness (QED) is 0.165. The Hall–Kier alpha value is -0.0400. The van der Waals surface area contributed by atoms with Crippen LogP contribution in [0.15, 0.2) is 0 Å². The van der Waals surface area contributed by atoms with Gasteiger partial charge in [0.15, 0.2) is 0 Å². The van der Waals surface area contributed by atoms with Crippen molar-refractivity contribution in [3.63, 3.8) is 0 Å². The van der Waals surface area contributed by atoms with Gasteiger partial charge in [0.25, 0.3) is 0 Å². The predicted octanol–water partition coefficient (Wildman–Crippen LogP) is 9.18. The lowest BCUT2D eigenvalue weighted by molar-refractivity contribution is 0.282. The first kappa shape index (κ1) is 27.0. The van der Waals surface area contributed by atoms with E-state index in [0.29, 0.717) is 6.61 Å². The van der Waals surface area contributed by atoms with Crippen LogP contribution < -0.4 is 0 Å². The summed E-state index contributed by atoms with van der Waals surface area (Å²) in [5, 5.41) is 8.74. The van der Waals surface area contributed by atoms with E-state index in [0.717, 1.165) is 12.8 Å². The minimum atomic E-state index is 0.373. The molecule has 0 atom stereocenters. The summed E-state index contributed by atoms with van der Waals surface area (Å²) in [5.74, 6) is 0. The highest BCUT2D eigenvalue weighted by molar-refractivity contribution is 4.51. The highest BCUT2D eigenvalue weighted by atomic mass is 16.2. The summed E-state index contributed by atoms with van der Waals surface area (Å²) < 4.78 is 0. The van der Waals surface area contributed by atoms with Crippen LogP contribution in [0.3, 0.4) is 0 Å². The van der Waals surface area contributed by atoms with E-state index >= 15 is 0 Å². The SMILES string of the molecule is [CH2]CCCCCCCCCCCCCCCCCCCCCCCCCO. The van der Waals surface area contributed by atoms with Gasteiger partial charge in [-0.3, -0.25) is 0 Å². The lowest BCUT2D eigenvalue weighted by Gasteiger charge is -2.04. The standard InChI is InChI=1S/C26H53O/c1-2-3-4-5-6-7-8-9-10-11-12-13-14-15-16-17-18-19-20-21-22-23-24-25-26-27/h27H,1-26H2. The van der Waals surface area contributed by atoms with Gasteiger partial charge in [-0.15, -0.1) is 0 Å². The number of hydrogen-bond donors (Lipinski definition) is 1. The molecule has 1 N–H and O–H groups in total. The fourth-order valence-corrected chi connectivity index (χ4v) is 4.00. The van der Waals surface area contributed by atoms with Crippen molar-refractivity contribution >= 4 is 0 Å². The van der Waals surface area contributed by atoms with Crippen molar-refractivity contribution in [1.29, 1.82) is 0 Å². The molecule has 0 heterocycles. The largest absolute Gasteiger partial charge is 0.396 e. The van der Waals surface area contributed by atoms with E-state index in [2.05, 4.69) is 6.92 Å². The van der Waals surface area contributed by atoms with Crippen LogP contribution in [0.1, 0.15) is 154 Å². The summed E-state index contributed by atoms with van der Waals surface area (Å²) in [6, 6.07) is 0. The fourth-order valence-electron chi connectivity index (χ4n) is 4.00. The van der Waals surface area contributed by atoms with Crippen LogP contribution >= 0.6 is 0 Å². The minimum Gasteiger partial charge on any atom is -0.396 e. The molecule has 0 saturated carbocycles. The Morgan fingerprint density at radius 1 is 0.296 bits per heavy atom. The summed E-state index contributed by atoms with van der Waals surface area (Å²) in [5.41, 5.74) is 0. The molecule has 0 aromatic rings. The molecule has 1 radical (unpaired) electrons. The van der Waals surface area contributed by atoms with Gasteiger partial charge in [0, 0.05) is 6.61 Å². The highest BCUT2D eigenvalue weighted by Crippen LogP contribution is 2.15. The molecule has 0 aromatic carbocycles. The first-order valence-electron chi connectivity index (χ1n) is 12.8. The molecule has 0 aliphatic carbocycles. The fraction of sp³-hybridized carbons (Fsp3) is 0.962. The second kappa shape index (κ2) is 26.0. The molecule has 0 fully saturated rings. The topological polar surface area (TPSA) is 20.2 Å². The van der Waals surface area contributed by atoms with E-state index in [9.17, 15) is 0 Å². The van der Waals surface area contributed by atoms with Gasteiger partial charge >= 0.3 is 0 Å². The normalized spacial score (nSPS) is 11.3. The van der Waals surface area contributed by atoms with Gasteiger partial charge in [-0.2, -0.15) is 0 Å². The average Bonchev–Trinajstić information content (AvgIpc) is 2.68. The van der Waals surface area contributed by atoms with Crippen molar-refractivity contribution in [2.75, 3.05) is 6.61 Å². The average molecular weight is 382 g/mol. The van der Waals surface area contributed by atoms with E-state index in [1.807, 2.05) is 0 Å². The molecule has 1 heteroatoms. The third kappa shape index (κ3) is 26.0. The van der Waals surface area contributed by atoms with Crippen LogP contribution in [0.25, 0.3) is 0 Å². The van der Waals surface area contributed by atoms with Crippen molar-refractivity contribution < 1.29 is 5.11 Å². The Morgan fingerprint density at radius 3 is 0.667 bits per heavy atom. The van der Waals surface area contributed by atoms with E-state index in [-0.39, 0.29) is 0 Å². The Morgan fingerprint density at radius 2 is 0.481 bits per heavy atom. The number of aliphatic hydroxyl groups excluding tert-OH is 1. The molecule has 0 aliphatic rings. The first-order valence-corrected chi connectivity index (χ1v) is 12.8. The number of rotatable bonds is 24. The Balaban J connectivity index is 2.95. The second-order valence-corrected chi connectivity index (χ2v) is 8.71. The van der Waals surface area contributed by atoms with Crippen molar-refractivity contribution in [2.24, 2.45) is 0 Å². The van der Waals surface area contributed by atoms with Gasteiger partial charge in [0.05, 0.1) is 0 Å². The minimum absolute atomic E-state index is 0.373. The van der Waals surface area contributed by atoms with Crippen LogP contribution in [-0.4, -0.2) is 11.7 Å². The van der Waals surface area contributed by atoms with Gasteiger partial charge in [-0.05, 0) is 6.42 Å². The van der Waals surface area contributed by atoms with Crippen molar-refractivity contribution in [1.82, 2.24) is 0 Å².